The van der Waals surface area contributed by atoms with Crippen LogP contribution in [0.4, 0.5) is 0 Å². The second-order valence-corrected chi connectivity index (χ2v) is 8.28. The highest BCUT2D eigenvalue weighted by Gasteiger charge is 2.26. The number of amides is 1. The van der Waals surface area contributed by atoms with Gasteiger partial charge < -0.3 is 10.2 Å². The second kappa shape index (κ2) is 7.37. The first-order chi connectivity index (χ1) is 12.0. The molecule has 1 heterocycles. The van der Waals surface area contributed by atoms with Gasteiger partial charge in [-0.1, -0.05) is 36.4 Å². The zero-order chi connectivity index (χ0) is 17.9. The number of nitrogens with zero attached hydrogens (tertiary/aromatic N) is 1. The average molecular weight is 358 g/mol. The first-order valence-electron chi connectivity index (χ1n) is 8.32. The topological polar surface area (TPSA) is 66.5 Å². The molecule has 5 nitrogen and oxygen atoms in total. The van der Waals surface area contributed by atoms with Crippen molar-refractivity contribution >= 4 is 15.7 Å². The summed E-state index contributed by atoms with van der Waals surface area (Å²) >= 11 is 0. The van der Waals surface area contributed by atoms with Gasteiger partial charge in [0.25, 0.3) is 5.91 Å². The molecule has 0 saturated carbocycles. The van der Waals surface area contributed by atoms with Gasteiger partial charge in [-0.15, -0.1) is 0 Å². The van der Waals surface area contributed by atoms with Crippen LogP contribution in [0.3, 0.4) is 0 Å². The van der Waals surface area contributed by atoms with Crippen LogP contribution < -0.4 is 5.32 Å². The third-order valence-electron chi connectivity index (χ3n) is 4.60. The van der Waals surface area contributed by atoms with Crippen LogP contribution >= 0.6 is 0 Å². The fraction of sp³-hybridized carbons (Fsp3) is 0.316. The molecular formula is C19H22N2O3S. The summed E-state index contributed by atoms with van der Waals surface area (Å²) in [5, 5.41) is 3.24. The lowest BCUT2D eigenvalue weighted by atomic mass is 10.1. The molecule has 1 atom stereocenters. The summed E-state index contributed by atoms with van der Waals surface area (Å²) in [4.78, 5) is 14.9. The van der Waals surface area contributed by atoms with E-state index in [2.05, 4.69) is 5.32 Å². The predicted molar refractivity (Wildman–Crippen MR) is 97.1 cm³/mol. The minimum absolute atomic E-state index is 0.132. The Kier molecular flexibility index (Phi) is 5.20. The van der Waals surface area contributed by atoms with Gasteiger partial charge in [0.15, 0.2) is 9.84 Å². The number of benzene rings is 2. The normalized spacial score (nSPS) is 17.4. The van der Waals surface area contributed by atoms with Gasteiger partial charge in [0, 0.05) is 25.2 Å². The van der Waals surface area contributed by atoms with E-state index >= 15 is 0 Å². The molecule has 0 aliphatic carbocycles. The van der Waals surface area contributed by atoms with E-state index in [0.717, 1.165) is 19.5 Å². The minimum atomic E-state index is -3.50. The SMILES string of the molecule is CN(C(=O)c1ccccc1CS(=O)(=O)c1ccccc1)[C@H]1CCNC1. The highest BCUT2D eigenvalue weighted by Crippen LogP contribution is 2.21. The monoisotopic (exact) mass is 358 g/mol. The molecule has 1 aliphatic rings. The molecule has 132 valence electrons. The molecule has 0 bridgehead atoms. The summed E-state index contributed by atoms with van der Waals surface area (Å²) in [6, 6.07) is 15.4. The molecule has 1 amide bonds. The molecule has 3 rings (SSSR count). The lowest BCUT2D eigenvalue weighted by Crippen LogP contribution is -2.38. The van der Waals surface area contributed by atoms with Crippen LogP contribution in [0.2, 0.25) is 0 Å². The van der Waals surface area contributed by atoms with Gasteiger partial charge in [0.1, 0.15) is 0 Å². The number of carbonyl (C=O) groups is 1. The Hall–Kier alpha value is -2.18. The molecule has 6 heteroatoms. The van der Waals surface area contributed by atoms with Gasteiger partial charge in [-0.2, -0.15) is 0 Å². The molecular weight excluding hydrogens is 336 g/mol. The first-order valence-corrected chi connectivity index (χ1v) is 9.98. The Morgan fingerprint density at radius 3 is 2.48 bits per heavy atom. The number of hydrogen-bond acceptors (Lipinski definition) is 4. The largest absolute Gasteiger partial charge is 0.337 e. The third kappa shape index (κ3) is 3.91. The van der Waals surface area contributed by atoms with Crippen LogP contribution in [0.5, 0.6) is 0 Å². The molecule has 2 aromatic carbocycles. The number of rotatable bonds is 5. The van der Waals surface area contributed by atoms with Crippen LogP contribution in [0.15, 0.2) is 59.5 Å². The molecule has 0 aromatic heterocycles. The lowest BCUT2D eigenvalue weighted by Gasteiger charge is -2.25. The van der Waals surface area contributed by atoms with Crippen molar-refractivity contribution in [2.75, 3.05) is 20.1 Å². The maximum atomic E-state index is 12.9. The van der Waals surface area contributed by atoms with E-state index in [4.69, 9.17) is 0 Å². The molecule has 0 spiro atoms. The molecule has 2 aromatic rings. The summed E-state index contributed by atoms with van der Waals surface area (Å²) in [5.41, 5.74) is 0.991. The zero-order valence-electron chi connectivity index (χ0n) is 14.2. The van der Waals surface area contributed by atoms with E-state index in [1.807, 2.05) is 0 Å². The Bertz CT molecular complexity index is 844. The van der Waals surface area contributed by atoms with E-state index in [0.29, 0.717) is 11.1 Å². The van der Waals surface area contributed by atoms with E-state index in [-0.39, 0.29) is 22.6 Å². The summed E-state index contributed by atoms with van der Waals surface area (Å²) in [5.74, 6) is -0.317. The van der Waals surface area contributed by atoms with Crippen molar-refractivity contribution in [2.45, 2.75) is 23.1 Å². The molecule has 0 unspecified atom stereocenters. The molecule has 1 N–H and O–H groups in total. The van der Waals surface area contributed by atoms with Gasteiger partial charge in [-0.3, -0.25) is 4.79 Å². The fourth-order valence-corrected chi connectivity index (χ4v) is 4.50. The first kappa shape index (κ1) is 17.6. The maximum absolute atomic E-state index is 12.9. The number of likely N-dealkylation sites (N-methyl/N-ethyl adjacent to an activating group) is 1. The fourth-order valence-electron chi connectivity index (χ4n) is 3.10. The Balaban J connectivity index is 1.87. The Morgan fingerprint density at radius 1 is 1.12 bits per heavy atom. The quantitative estimate of drug-likeness (QED) is 0.889. The van der Waals surface area contributed by atoms with E-state index < -0.39 is 9.84 Å². The maximum Gasteiger partial charge on any atom is 0.254 e. The number of sulfone groups is 1. The highest BCUT2D eigenvalue weighted by molar-refractivity contribution is 7.90. The summed E-state index contributed by atoms with van der Waals surface area (Å²) in [7, 11) is -1.72. The van der Waals surface area contributed by atoms with Gasteiger partial charge in [-0.25, -0.2) is 8.42 Å². The van der Waals surface area contributed by atoms with Crippen molar-refractivity contribution in [1.29, 1.82) is 0 Å². The van der Waals surface area contributed by atoms with Gasteiger partial charge >= 0.3 is 0 Å². The van der Waals surface area contributed by atoms with Crippen molar-refractivity contribution in [1.82, 2.24) is 10.2 Å². The Morgan fingerprint density at radius 2 is 1.80 bits per heavy atom. The molecule has 0 radical (unpaired) electrons. The molecule has 1 saturated heterocycles. The number of nitrogens with one attached hydrogen (secondary N) is 1. The summed E-state index contributed by atoms with van der Waals surface area (Å²) in [6.45, 7) is 1.67. The molecule has 1 aliphatic heterocycles. The van der Waals surface area contributed by atoms with E-state index in [1.165, 1.54) is 0 Å². The van der Waals surface area contributed by atoms with E-state index in [1.54, 1.807) is 66.5 Å². The van der Waals surface area contributed by atoms with Crippen LogP contribution in [0.1, 0.15) is 22.3 Å². The van der Waals surface area contributed by atoms with Crippen LogP contribution in [0.25, 0.3) is 0 Å². The third-order valence-corrected chi connectivity index (χ3v) is 6.28. The standard InChI is InChI=1S/C19H22N2O3S/c1-21(16-11-12-20-13-16)19(22)18-10-6-5-7-15(18)14-25(23,24)17-8-3-2-4-9-17/h2-10,16,20H,11-14H2,1H3/t16-/m0/s1. The van der Waals surface area contributed by atoms with Crippen molar-refractivity contribution in [3.63, 3.8) is 0 Å². The highest BCUT2D eigenvalue weighted by atomic mass is 32.2. The zero-order valence-corrected chi connectivity index (χ0v) is 15.0. The van der Waals surface area contributed by atoms with Gasteiger partial charge in [0.05, 0.1) is 10.6 Å². The van der Waals surface area contributed by atoms with Crippen molar-refractivity contribution in [3.8, 4) is 0 Å². The summed E-state index contributed by atoms with van der Waals surface area (Å²) < 4.78 is 25.3. The summed E-state index contributed by atoms with van der Waals surface area (Å²) in [6.07, 6.45) is 0.909. The van der Waals surface area contributed by atoms with E-state index in [9.17, 15) is 13.2 Å². The van der Waals surface area contributed by atoms with Gasteiger partial charge in [-0.05, 0) is 36.7 Å². The molecule has 1 fully saturated rings. The molecule has 25 heavy (non-hydrogen) atoms. The number of hydrogen-bond donors (Lipinski definition) is 1. The van der Waals surface area contributed by atoms with Crippen LogP contribution in [0, 0.1) is 0 Å². The number of carbonyl (C=O) groups excluding carboxylic acids is 1. The predicted octanol–water partition coefficient (Wildman–Crippen LogP) is 2.09. The van der Waals surface area contributed by atoms with Gasteiger partial charge in [0.2, 0.25) is 0 Å². The van der Waals surface area contributed by atoms with Crippen LogP contribution in [-0.4, -0.2) is 45.4 Å². The van der Waals surface area contributed by atoms with Crippen LogP contribution in [-0.2, 0) is 15.6 Å². The van der Waals surface area contributed by atoms with Crippen molar-refractivity contribution in [2.24, 2.45) is 0 Å². The smallest absolute Gasteiger partial charge is 0.254 e. The van der Waals surface area contributed by atoms with Crippen molar-refractivity contribution < 1.29 is 13.2 Å². The minimum Gasteiger partial charge on any atom is -0.337 e. The lowest BCUT2D eigenvalue weighted by molar-refractivity contribution is 0.0743. The van der Waals surface area contributed by atoms with Crippen molar-refractivity contribution in [3.05, 3.63) is 65.7 Å². The average Bonchev–Trinajstić information content (AvgIpc) is 3.16. The second-order valence-electron chi connectivity index (χ2n) is 6.29. The Labute approximate surface area is 148 Å².